The van der Waals surface area contributed by atoms with Gasteiger partial charge in [-0.05, 0) is 47.7 Å². The van der Waals surface area contributed by atoms with E-state index in [1.165, 1.54) is 17.7 Å². The van der Waals surface area contributed by atoms with Gasteiger partial charge in [-0.3, -0.25) is 0 Å². The van der Waals surface area contributed by atoms with Gasteiger partial charge in [0.1, 0.15) is 0 Å². The summed E-state index contributed by atoms with van der Waals surface area (Å²) >= 11 is 0. The summed E-state index contributed by atoms with van der Waals surface area (Å²) in [5, 5.41) is 3.37. The summed E-state index contributed by atoms with van der Waals surface area (Å²) < 4.78 is 38.1. The van der Waals surface area contributed by atoms with Crippen LogP contribution < -0.4 is 5.32 Å². The Balaban J connectivity index is 2.18. The molecule has 0 aliphatic carbocycles. The molecule has 0 heterocycles. The van der Waals surface area contributed by atoms with E-state index >= 15 is 0 Å². The van der Waals surface area contributed by atoms with Gasteiger partial charge in [-0.25, -0.2) is 0 Å². The summed E-state index contributed by atoms with van der Waals surface area (Å²) in [4.78, 5) is 0. The Bertz CT molecular complexity index is 655. The summed E-state index contributed by atoms with van der Waals surface area (Å²) in [6.07, 6.45) is -1.93. The third kappa shape index (κ3) is 4.63. The zero-order valence-corrected chi connectivity index (χ0v) is 13.9. The fourth-order valence-corrected chi connectivity index (χ4v) is 2.51. The van der Waals surface area contributed by atoms with Gasteiger partial charge >= 0.3 is 6.18 Å². The monoisotopic (exact) mass is 333 g/mol. The van der Waals surface area contributed by atoms with Crippen molar-refractivity contribution in [3.05, 3.63) is 77.9 Å². The van der Waals surface area contributed by atoms with E-state index in [0.717, 1.165) is 23.4 Å². The van der Waals surface area contributed by atoms with E-state index in [-0.39, 0.29) is 6.04 Å². The van der Waals surface area contributed by atoms with Crippen molar-refractivity contribution in [2.45, 2.75) is 38.4 Å². The average Bonchev–Trinajstić information content (AvgIpc) is 2.54. The number of hydrogen-bond acceptors (Lipinski definition) is 1. The summed E-state index contributed by atoms with van der Waals surface area (Å²) in [7, 11) is 0. The van der Waals surface area contributed by atoms with Gasteiger partial charge in [-0.1, -0.05) is 44.2 Å². The third-order valence-electron chi connectivity index (χ3n) is 3.96. The number of rotatable bonds is 6. The molecule has 2 aromatic rings. The van der Waals surface area contributed by atoms with Crippen molar-refractivity contribution in [3.8, 4) is 0 Å². The van der Waals surface area contributed by atoms with Crippen LogP contribution in [0.3, 0.4) is 0 Å². The molecule has 0 saturated carbocycles. The van der Waals surface area contributed by atoms with Gasteiger partial charge in [-0.15, -0.1) is 6.58 Å². The molecule has 0 radical (unpaired) electrons. The van der Waals surface area contributed by atoms with Crippen molar-refractivity contribution in [1.82, 2.24) is 0 Å². The van der Waals surface area contributed by atoms with Crippen molar-refractivity contribution < 1.29 is 13.2 Å². The number of hydrogen-bond donors (Lipinski definition) is 1. The fraction of sp³-hybridized carbons (Fsp3) is 0.300. The van der Waals surface area contributed by atoms with Crippen LogP contribution in [-0.4, -0.2) is 0 Å². The van der Waals surface area contributed by atoms with Crippen LogP contribution >= 0.6 is 0 Å². The van der Waals surface area contributed by atoms with Crippen molar-refractivity contribution in [3.63, 3.8) is 0 Å². The van der Waals surface area contributed by atoms with Gasteiger partial charge in [0.2, 0.25) is 0 Å². The molecule has 2 rings (SSSR count). The first-order valence-electron chi connectivity index (χ1n) is 7.96. The molecule has 0 spiro atoms. The Morgan fingerprint density at radius 3 is 1.96 bits per heavy atom. The number of halogens is 3. The first-order valence-corrected chi connectivity index (χ1v) is 7.96. The van der Waals surface area contributed by atoms with Gasteiger partial charge in [0, 0.05) is 5.69 Å². The zero-order chi connectivity index (χ0) is 17.7. The van der Waals surface area contributed by atoms with Crippen molar-refractivity contribution in [2.24, 2.45) is 0 Å². The van der Waals surface area contributed by atoms with Gasteiger partial charge in [0.15, 0.2) is 0 Å². The minimum Gasteiger partial charge on any atom is -0.378 e. The van der Waals surface area contributed by atoms with Crippen LogP contribution in [0.1, 0.15) is 48.9 Å². The molecule has 1 unspecified atom stereocenters. The number of benzene rings is 2. The number of anilines is 1. The van der Waals surface area contributed by atoms with Gasteiger partial charge in [-0.2, -0.15) is 13.2 Å². The molecular formula is C20H22F3N. The van der Waals surface area contributed by atoms with Crippen molar-refractivity contribution in [1.29, 1.82) is 0 Å². The summed E-state index contributed by atoms with van der Waals surface area (Å²) in [6.45, 7) is 8.00. The van der Waals surface area contributed by atoms with Crippen molar-refractivity contribution in [2.75, 3.05) is 5.32 Å². The lowest BCUT2D eigenvalue weighted by Gasteiger charge is -2.20. The first-order chi connectivity index (χ1) is 11.3. The molecule has 0 bridgehead atoms. The molecule has 4 heteroatoms. The second-order valence-corrected chi connectivity index (χ2v) is 6.12. The molecule has 0 amide bonds. The van der Waals surface area contributed by atoms with Crippen LogP contribution in [0.2, 0.25) is 0 Å². The standard InChI is InChI=1S/C20H22F3N/c1-4-5-19(16-6-10-17(11-7-16)20(21,22)23)24-18-12-8-15(9-13-18)14(2)3/h4,6-14,19,24H,1,5H2,2-3H3. The summed E-state index contributed by atoms with van der Waals surface area (Å²) in [5.41, 5.74) is 2.35. The minimum absolute atomic E-state index is 0.116. The Morgan fingerprint density at radius 1 is 0.958 bits per heavy atom. The highest BCUT2D eigenvalue weighted by Crippen LogP contribution is 2.31. The van der Waals surface area contributed by atoms with Crippen LogP contribution in [-0.2, 0) is 6.18 Å². The molecule has 0 saturated heterocycles. The van der Waals surface area contributed by atoms with Gasteiger partial charge < -0.3 is 5.32 Å². The second kappa shape index (κ2) is 7.56. The maximum absolute atomic E-state index is 12.7. The van der Waals surface area contributed by atoms with Crippen LogP contribution in [0.25, 0.3) is 0 Å². The molecule has 2 aromatic carbocycles. The Morgan fingerprint density at radius 2 is 1.50 bits per heavy atom. The lowest BCUT2D eigenvalue weighted by atomic mass is 10.0. The topological polar surface area (TPSA) is 12.0 Å². The molecule has 24 heavy (non-hydrogen) atoms. The molecule has 1 N–H and O–H groups in total. The van der Waals surface area contributed by atoms with E-state index in [9.17, 15) is 13.2 Å². The average molecular weight is 333 g/mol. The van der Waals surface area contributed by atoms with E-state index in [1.807, 2.05) is 12.1 Å². The zero-order valence-electron chi connectivity index (χ0n) is 13.9. The summed E-state index contributed by atoms with van der Waals surface area (Å²) in [5.74, 6) is 0.456. The Hall–Kier alpha value is -2.23. The van der Waals surface area contributed by atoms with Gasteiger partial charge in [0.05, 0.1) is 11.6 Å². The maximum Gasteiger partial charge on any atom is 0.416 e. The molecule has 0 aromatic heterocycles. The molecule has 1 atom stereocenters. The van der Waals surface area contributed by atoms with E-state index in [2.05, 4.69) is 37.9 Å². The molecular weight excluding hydrogens is 311 g/mol. The quantitative estimate of drug-likeness (QED) is 0.590. The SMILES string of the molecule is C=CCC(Nc1ccc(C(C)C)cc1)c1ccc(C(F)(F)F)cc1. The molecule has 0 aliphatic rings. The smallest absolute Gasteiger partial charge is 0.378 e. The molecule has 0 fully saturated rings. The van der Waals surface area contributed by atoms with E-state index in [1.54, 1.807) is 6.08 Å². The first kappa shape index (κ1) is 18.1. The maximum atomic E-state index is 12.7. The number of alkyl halides is 3. The van der Waals surface area contributed by atoms with E-state index < -0.39 is 11.7 Å². The second-order valence-electron chi connectivity index (χ2n) is 6.12. The van der Waals surface area contributed by atoms with Crippen LogP contribution in [0.15, 0.2) is 61.2 Å². The minimum atomic E-state index is -4.31. The molecule has 128 valence electrons. The van der Waals surface area contributed by atoms with Crippen LogP contribution in [0, 0.1) is 0 Å². The van der Waals surface area contributed by atoms with Crippen LogP contribution in [0.5, 0.6) is 0 Å². The highest BCUT2D eigenvalue weighted by Gasteiger charge is 2.30. The normalized spacial score (nSPS) is 12.9. The van der Waals surface area contributed by atoms with E-state index in [4.69, 9.17) is 0 Å². The van der Waals surface area contributed by atoms with E-state index in [0.29, 0.717) is 12.3 Å². The largest absolute Gasteiger partial charge is 0.416 e. The highest BCUT2D eigenvalue weighted by molar-refractivity contribution is 5.47. The van der Waals surface area contributed by atoms with Gasteiger partial charge in [0.25, 0.3) is 0 Å². The predicted octanol–water partition coefficient (Wildman–Crippen LogP) is 6.56. The van der Waals surface area contributed by atoms with Crippen LogP contribution in [0.4, 0.5) is 18.9 Å². The Labute approximate surface area is 141 Å². The Kier molecular flexibility index (Phi) is 5.71. The number of nitrogens with one attached hydrogen (secondary N) is 1. The molecule has 1 nitrogen and oxygen atoms in total. The fourth-order valence-electron chi connectivity index (χ4n) is 2.51. The lowest BCUT2D eigenvalue weighted by molar-refractivity contribution is -0.137. The lowest BCUT2D eigenvalue weighted by Crippen LogP contribution is -2.11. The molecule has 0 aliphatic heterocycles. The third-order valence-corrected chi connectivity index (χ3v) is 3.96. The highest BCUT2D eigenvalue weighted by atomic mass is 19.4. The predicted molar refractivity (Wildman–Crippen MR) is 93.2 cm³/mol. The van der Waals surface area contributed by atoms with Crippen molar-refractivity contribution >= 4 is 5.69 Å². The summed E-state index contributed by atoms with van der Waals surface area (Å²) in [6, 6.07) is 13.3.